The Kier molecular flexibility index (Phi) is 2.55. The molecule has 5 heteroatoms. The molecule has 3 nitrogen and oxygen atoms in total. The fourth-order valence-electron chi connectivity index (χ4n) is 0.996. The minimum absolute atomic E-state index is 0.00731. The van der Waals surface area contributed by atoms with Crippen molar-refractivity contribution in [2.75, 3.05) is 0 Å². The van der Waals surface area contributed by atoms with E-state index in [0.29, 0.717) is 0 Å². The quantitative estimate of drug-likeness (QED) is 0.718. The molecular formula is C8H7F2NO2. The van der Waals surface area contributed by atoms with Crippen LogP contribution in [0.5, 0.6) is 5.75 Å². The van der Waals surface area contributed by atoms with Gasteiger partial charge in [0.25, 0.3) is 6.43 Å². The average Bonchev–Trinajstić information content (AvgIpc) is 2.08. The van der Waals surface area contributed by atoms with Crippen LogP contribution in [0.25, 0.3) is 0 Å². The van der Waals surface area contributed by atoms with Crippen LogP contribution in [0.4, 0.5) is 8.78 Å². The topological polar surface area (TPSA) is 50.2 Å². The first kappa shape index (κ1) is 9.57. The molecule has 1 heterocycles. The smallest absolute Gasteiger partial charge is 0.266 e. The van der Waals surface area contributed by atoms with Gasteiger partial charge in [0.05, 0.1) is 11.8 Å². The van der Waals surface area contributed by atoms with Crippen molar-refractivity contribution >= 4 is 6.29 Å². The van der Waals surface area contributed by atoms with E-state index in [2.05, 4.69) is 4.98 Å². The largest absolute Gasteiger partial charge is 0.506 e. The molecule has 0 amide bonds. The zero-order valence-corrected chi connectivity index (χ0v) is 6.79. The second-order valence-electron chi connectivity index (χ2n) is 2.49. The Bertz CT molecular complexity index is 339. The number of alkyl halides is 2. The zero-order valence-electron chi connectivity index (χ0n) is 6.79. The van der Waals surface area contributed by atoms with Gasteiger partial charge in [0.15, 0.2) is 6.29 Å². The molecule has 0 radical (unpaired) electrons. The molecule has 0 aliphatic rings. The molecule has 0 spiro atoms. The molecule has 0 aromatic carbocycles. The van der Waals surface area contributed by atoms with Gasteiger partial charge in [-0.3, -0.25) is 4.79 Å². The van der Waals surface area contributed by atoms with E-state index >= 15 is 0 Å². The van der Waals surface area contributed by atoms with E-state index in [1.54, 1.807) is 0 Å². The van der Waals surface area contributed by atoms with Gasteiger partial charge in [-0.2, -0.15) is 0 Å². The lowest BCUT2D eigenvalue weighted by atomic mass is 10.1. The Hall–Kier alpha value is -1.52. The number of aromatic nitrogens is 1. The molecule has 0 aliphatic heterocycles. The van der Waals surface area contributed by atoms with E-state index in [0.717, 1.165) is 6.20 Å². The van der Waals surface area contributed by atoms with Crippen molar-refractivity contribution in [2.24, 2.45) is 0 Å². The van der Waals surface area contributed by atoms with Crippen LogP contribution in [-0.2, 0) is 0 Å². The lowest BCUT2D eigenvalue weighted by Gasteiger charge is -2.07. The van der Waals surface area contributed by atoms with E-state index in [-0.39, 0.29) is 23.3 Å². The maximum Gasteiger partial charge on any atom is 0.266 e. The fraction of sp³-hybridized carbons (Fsp3) is 0.250. The molecule has 1 rings (SSSR count). The summed E-state index contributed by atoms with van der Waals surface area (Å²) in [6.45, 7) is 1.31. The Balaban J connectivity index is 3.41. The van der Waals surface area contributed by atoms with Gasteiger partial charge in [0.1, 0.15) is 11.4 Å². The highest BCUT2D eigenvalue weighted by molar-refractivity contribution is 5.75. The van der Waals surface area contributed by atoms with Crippen molar-refractivity contribution in [2.45, 2.75) is 13.3 Å². The second kappa shape index (κ2) is 3.47. The van der Waals surface area contributed by atoms with E-state index in [9.17, 15) is 13.6 Å². The molecule has 13 heavy (non-hydrogen) atoms. The SMILES string of the molecule is Cc1c(O)cnc(C=O)c1C(F)F. The third-order valence-corrected chi connectivity index (χ3v) is 1.72. The number of carbonyl (C=O) groups is 1. The normalized spacial score (nSPS) is 10.5. The van der Waals surface area contributed by atoms with Gasteiger partial charge in [0, 0.05) is 5.56 Å². The number of nitrogens with zero attached hydrogens (tertiary/aromatic N) is 1. The lowest BCUT2D eigenvalue weighted by Crippen LogP contribution is -2.00. The molecule has 0 saturated heterocycles. The van der Waals surface area contributed by atoms with Gasteiger partial charge in [-0.15, -0.1) is 0 Å². The van der Waals surface area contributed by atoms with Crippen LogP contribution in [0.15, 0.2) is 6.20 Å². The number of halogens is 2. The van der Waals surface area contributed by atoms with Crippen LogP contribution in [-0.4, -0.2) is 16.4 Å². The predicted molar refractivity (Wildman–Crippen MR) is 41.0 cm³/mol. The average molecular weight is 187 g/mol. The molecule has 0 fully saturated rings. The number of rotatable bonds is 2. The summed E-state index contributed by atoms with van der Waals surface area (Å²) < 4.78 is 24.7. The summed E-state index contributed by atoms with van der Waals surface area (Å²) >= 11 is 0. The summed E-state index contributed by atoms with van der Waals surface area (Å²) in [6, 6.07) is 0. The Morgan fingerprint density at radius 3 is 2.69 bits per heavy atom. The number of hydrogen-bond acceptors (Lipinski definition) is 3. The Morgan fingerprint density at radius 1 is 1.62 bits per heavy atom. The van der Waals surface area contributed by atoms with E-state index in [1.807, 2.05) is 0 Å². The number of aldehydes is 1. The highest BCUT2D eigenvalue weighted by atomic mass is 19.3. The first-order valence-corrected chi connectivity index (χ1v) is 3.49. The first-order valence-electron chi connectivity index (χ1n) is 3.49. The monoisotopic (exact) mass is 187 g/mol. The highest BCUT2D eigenvalue weighted by Gasteiger charge is 2.18. The van der Waals surface area contributed by atoms with Gasteiger partial charge in [-0.25, -0.2) is 13.8 Å². The zero-order chi connectivity index (χ0) is 10.0. The van der Waals surface area contributed by atoms with E-state index in [1.165, 1.54) is 6.92 Å². The first-order chi connectivity index (χ1) is 6.07. The van der Waals surface area contributed by atoms with Crippen molar-refractivity contribution in [3.63, 3.8) is 0 Å². The van der Waals surface area contributed by atoms with E-state index < -0.39 is 12.0 Å². The molecule has 1 aromatic rings. The molecule has 0 aliphatic carbocycles. The molecule has 70 valence electrons. The van der Waals surface area contributed by atoms with Crippen LogP contribution in [0.3, 0.4) is 0 Å². The summed E-state index contributed by atoms with van der Waals surface area (Å²) in [7, 11) is 0. The van der Waals surface area contributed by atoms with Crippen molar-refractivity contribution < 1.29 is 18.7 Å². The predicted octanol–water partition coefficient (Wildman–Crippen LogP) is 1.85. The van der Waals surface area contributed by atoms with Crippen molar-refractivity contribution in [1.29, 1.82) is 0 Å². The summed E-state index contributed by atoms with van der Waals surface area (Å²) in [4.78, 5) is 13.7. The fourth-order valence-corrected chi connectivity index (χ4v) is 0.996. The maximum absolute atomic E-state index is 12.3. The Labute approximate surface area is 73.0 Å². The summed E-state index contributed by atoms with van der Waals surface area (Å²) in [5.74, 6) is -0.332. The van der Waals surface area contributed by atoms with Crippen LogP contribution < -0.4 is 0 Å². The van der Waals surface area contributed by atoms with Crippen LogP contribution >= 0.6 is 0 Å². The Morgan fingerprint density at radius 2 is 2.23 bits per heavy atom. The molecular weight excluding hydrogens is 180 g/mol. The molecule has 0 atom stereocenters. The highest BCUT2D eigenvalue weighted by Crippen LogP contribution is 2.29. The number of carbonyl (C=O) groups excluding carboxylic acids is 1. The third kappa shape index (κ3) is 1.63. The van der Waals surface area contributed by atoms with Crippen molar-refractivity contribution in [3.8, 4) is 5.75 Å². The van der Waals surface area contributed by atoms with Gasteiger partial charge < -0.3 is 5.11 Å². The summed E-state index contributed by atoms with van der Waals surface area (Å²) in [5.41, 5.74) is -0.840. The maximum atomic E-state index is 12.3. The van der Waals surface area contributed by atoms with Crippen molar-refractivity contribution in [1.82, 2.24) is 4.98 Å². The molecule has 1 aromatic heterocycles. The lowest BCUT2D eigenvalue weighted by molar-refractivity contribution is 0.110. The molecule has 0 bridgehead atoms. The van der Waals surface area contributed by atoms with Gasteiger partial charge in [-0.05, 0) is 6.92 Å². The molecule has 0 unspecified atom stereocenters. The number of pyridine rings is 1. The van der Waals surface area contributed by atoms with Crippen LogP contribution in [0.2, 0.25) is 0 Å². The van der Waals surface area contributed by atoms with Gasteiger partial charge >= 0.3 is 0 Å². The standard InChI is InChI=1S/C8H7F2NO2/c1-4-6(13)2-11-5(3-12)7(4)8(9)10/h2-3,8,13H,1H3. The van der Waals surface area contributed by atoms with Crippen LogP contribution in [0.1, 0.15) is 28.0 Å². The van der Waals surface area contributed by atoms with Gasteiger partial charge in [0.2, 0.25) is 0 Å². The number of aromatic hydroxyl groups is 1. The summed E-state index contributed by atoms with van der Waals surface area (Å²) in [5, 5.41) is 9.06. The second-order valence-corrected chi connectivity index (χ2v) is 2.49. The van der Waals surface area contributed by atoms with Crippen molar-refractivity contribution in [3.05, 3.63) is 23.0 Å². The minimum Gasteiger partial charge on any atom is -0.506 e. The van der Waals surface area contributed by atoms with E-state index in [4.69, 9.17) is 5.11 Å². The van der Waals surface area contributed by atoms with Gasteiger partial charge in [-0.1, -0.05) is 0 Å². The summed E-state index contributed by atoms with van der Waals surface area (Å²) in [6.07, 6.45) is -1.58. The molecule has 1 N–H and O–H groups in total. The number of hydrogen-bond donors (Lipinski definition) is 1. The van der Waals surface area contributed by atoms with Crippen LogP contribution in [0, 0.1) is 6.92 Å². The minimum atomic E-state index is -2.81. The third-order valence-electron chi connectivity index (χ3n) is 1.72. The molecule has 0 saturated carbocycles.